The lowest BCUT2D eigenvalue weighted by atomic mass is 10.00. The number of sulfonamides is 1. The number of nitro benzene ring substituents is 1. The SMILES string of the molecule is CCCCN1C(=O)CCc2cc(NS(=O)(=O)c3ccccc3[N+](=O)[O-])ccc21. The number of unbranched alkanes of at least 4 members (excludes halogenated alkanes) is 1. The number of aryl methyl sites for hydroxylation is 1. The Morgan fingerprint density at radius 2 is 1.93 bits per heavy atom. The van der Waals surface area contributed by atoms with Crippen LogP contribution in [0.25, 0.3) is 0 Å². The van der Waals surface area contributed by atoms with Gasteiger partial charge in [-0.3, -0.25) is 19.6 Å². The van der Waals surface area contributed by atoms with Crippen molar-refractivity contribution >= 4 is 33.0 Å². The number of para-hydroxylation sites is 1. The minimum atomic E-state index is -4.13. The molecule has 1 aliphatic rings. The van der Waals surface area contributed by atoms with Crippen molar-refractivity contribution in [3.05, 3.63) is 58.1 Å². The molecule has 0 bridgehead atoms. The van der Waals surface area contributed by atoms with Crippen LogP contribution >= 0.6 is 0 Å². The van der Waals surface area contributed by atoms with Gasteiger partial charge in [-0.1, -0.05) is 25.5 Å². The zero-order valence-corrected chi connectivity index (χ0v) is 16.2. The van der Waals surface area contributed by atoms with E-state index < -0.39 is 25.5 Å². The first kappa shape index (κ1) is 19.8. The number of nitro groups is 1. The zero-order valence-electron chi connectivity index (χ0n) is 15.4. The molecular weight excluding hydrogens is 382 g/mol. The molecule has 0 aliphatic carbocycles. The van der Waals surface area contributed by atoms with E-state index in [0.717, 1.165) is 30.2 Å². The molecule has 1 heterocycles. The third-order valence-electron chi connectivity index (χ3n) is 4.62. The maximum absolute atomic E-state index is 12.7. The summed E-state index contributed by atoms with van der Waals surface area (Å²) in [5.41, 5.74) is 1.49. The van der Waals surface area contributed by atoms with Gasteiger partial charge in [-0.25, -0.2) is 8.42 Å². The van der Waals surface area contributed by atoms with Crippen molar-refractivity contribution in [3.8, 4) is 0 Å². The van der Waals surface area contributed by atoms with Gasteiger partial charge in [0.25, 0.3) is 15.7 Å². The first-order chi connectivity index (χ1) is 13.3. The van der Waals surface area contributed by atoms with Crippen LogP contribution in [0, 0.1) is 10.1 Å². The summed E-state index contributed by atoms with van der Waals surface area (Å²) in [7, 11) is -4.13. The van der Waals surface area contributed by atoms with Crippen LogP contribution in [-0.4, -0.2) is 25.8 Å². The predicted molar refractivity (Wildman–Crippen MR) is 106 cm³/mol. The Hall–Kier alpha value is -2.94. The fraction of sp³-hybridized carbons (Fsp3) is 0.316. The van der Waals surface area contributed by atoms with Gasteiger partial charge in [0.1, 0.15) is 0 Å². The van der Waals surface area contributed by atoms with Gasteiger partial charge in [0.2, 0.25) is 5.91 Å². The molecule has 1 amide bonds. The summed E-state index contributed by atoms with van der Waals surface area (Å²) in [6.45, 7) is 2.68. The molecule has 0 aromatic heterocycles. The van der Waals surface area contributed by atoms with Crippen LogP contribution < -0.4 is 9.62 Å². The number of hydrogen-bond acceptors (Lipinski definition) is 5. The first-order valence-corrected chi connectivity index (χ1v) is 10.5. The largest absolute Gasteiger partial charge is 0.312 e. The molecule has 2 aromatic carbocycles. The van der Waals surface area contributed by atoms with Gasteiger partial charge < -0.3 is 4.90 Å². The summed E-state index contributed by atoms with van der Waals surface area (Å²) in [5, 5.41) is 11.1. The minimum Gasteiger partial charge on any atom is -0.312 e. The second-order valence-electron chi connectivity index (χ2n) is 6.57. The summed E-state index contributed by atoms with van der Waals surface area (Å²) in [6, 6.07) is 10.2. The first-order valence-electron chi connectivity index (χ1n) is 9.03. The van der Waals surface area contributed by atoms with E-state index in [4.69, 9.17) is 0 Å². The van der Waals surface area contributed by atoms with Gasteiger partial charge in [-0.2, -0.15) is 0 Å². The van der Waals surface area contributed by atoms with Gasteiger partial charge in [-0.05, 0) is 42.7 Å². The molecule has 0 spiro atoms. The quantitative estimate of drug-likeness (QED) is 0.562. The Bertz CT molecular complexity index is 1020. The molecule has 28 heavy (non-hydrogen) atoms. The molecule has 0 fully saturated rings. The Labute approximate surface area is 163 Å². The van der Waals surface area contributed by atoms with Crippen molar-refractivity contribution in [3.63, 3.8) is 0 Å². The summed E-state index contributed by atoms with van der Waals surface area (Å²) in [4.78, 5) is 24.0. The Kier molecular flexibility index (Phi) is 5.64. The van der Waals surface area contributed by atoms with Crippen LogP contribution in [-0.2, 0) is 21.2 Å². The molecule has 2 aromatic rings. The molecule has 0 radical (unpaired) electrons. The number of carbonyl (C=O) groups excluding carboxylic acids is 1. The van der Waals surface area contributed by atoms with Crippen LogP contribution in [0.3, 0.4) is 0 Å². The smallest absolute Gasteiger partial charge is 0.289 e. The molecule has 9 heteroatoms. The average molecular weight is 403 g/mol. The van der Waals surface area contributed by atoms with E-state index in [9.17, 15) is 23.3 Å². The number of anilines is 2. The number of hydrogen-bond donors (Lipinski definition) is 1. The number of nitrogens with zero attached hydrogens (tertiary/aromatic N) is 2. The molecule has 0 saturated carbocycles. The highest BCUT2D eigenvalue weighted by molar-refractivity contribution is 7.92. The van der Waals surface area contributed by atoms with Crippen LogP contribution in [0.2, 0.25) is 0 Å². The zero-order chi connectivity index (χ0) is 20.3. The highest BCUT2D eigenvalue weighted by atomic mass is 32.2. The van der Waals surface area contributed by atoms with Gasteiger partial charge in [0.05, 0.1) is 4.92 Å². The third kappa shape index (κ3) is 3.99. The maximum atomic E-state index is 12.7. The number of rotatable bonds is 7. The van der Waals surface area contributed by atoms with Crippen molar-refractivity contribution in [2.24, 2.45) is 0 Å². The minimum absolute atomic E-state index is 0.0641. The number of carbonyl (C=O) groups is 1. The second kappa shape index (κ2) is 7.97. The monoisotopic (exact) mass is 403 g/mol. The molecule has 148 valence electrons. The van der Waals surface area contributed by atoms with Crippen LogP contribution in [0.4, 0.5) is 17.1 Å². The lowest BCUT2D eigenvalue weighted by Gasteiger charge is -2.29. The number of nitrogens with one attached hydrogen (secondary N) is 1. The topological polar surface area (TPSA) is 110 Å². The lowest BCUT2D eigenvalue weighted by molar-refractivity contribution is -0.387. The molecule has 0 atom stereocenters. The molecular formula is C19H21N3O5S. The van der Waals surface area contributed by atoms with E-state index >= 15 is 0 Å². The third-order valence-corrected chi connectivity index (χ3v) is 6.05. The van der Waals surface area contributed by atoms with Crippen molar-refractivity contribution in [2.75, 3.05) is 16.2 Å². The van der Waals surface area contributed by atoms with E-state index in [1.54, 1.807) is 23.1 Å². The molecule has 0 saturated heterocycles. The molecule has 0 unspecified atom stereocenters. The van der Waals surface area contributed by atoms with E-state index in [1.807, 2.05) is 0 Å². The van der Waals surface area contributed by atoms with Crippen LogP contribution in [0.15, 0.2) is 47.4 Å². The van der Waals surface area contributed by atoms with Crippen LogP contribution in [0.1, 0.15) is 31.7 Å². The molecule has 1 aliphatic heterocycles. The van der Waals surface area contributed by atoms with Crippen molar-refractivity contribution in [1.82, 2.24) is 0 Å². The van der Waals surface area contributed by atoms with Gasteiger partial charge >= 0.3 is 0 Å². The van der Waals surface area contributed by atoms with Gasteiger partial charge in [0.15, 0.2) is 4.90 Å². The van der Waals surface area contributed by atoms with E-state index in [2.05, 4.69) is 11.6 Å². The summed E-state index contributed by atoms with van der Waals surface area (Å²) in [5.74, 6) is 0.0641. The predicted octanol–water partition coefficient (Wildman–Crippen LogP) is 3.47. The molecule has 8 nitrogen and oxygen atoms in total. The van der Waals surface area contributed by atoms with Crippen LogP contribution in [0.5, 0.6) is 0 Å². The van der Waals surface area contributed by atoms with E-state index in [-0.39, 0.29) is 5.91 Å². The molecule has 1 N–H and O–H groups in total. The Morgan fingerprint density at radius 3 is 2.64 bits per heavy atom. The number of fused-ring (bicyclic) bond motifs is 1. The van der Waals surface area contributed by atoms with Crippen molar-refractivity contribution < 1.29 is 18.1 Å². The summed E-state index contributed by atoms with van der Waals surface area (Å²) in [6.07, 6.45) is 2.75. The molecule has 3 rings (SSSR count). The number of amides is 1. The average Bonchev–Trinajstić information content (AvgIpc) is 2.67. The Balaban J connectivity index is 1.90. The fourth-order valence-corrected chi connectivity index (χ4v) is 4.45. The normalized spacial score (nSPS) is 13.9. The van der Waals surface area contributed by atoms with E-state index in [1.165, 1.54) is 18.2 Å². The Morgan fingerprint density at radius 1 is 1.18 bits per heavy atom. The fourth-order valence-electron chi connectivity index (χ4n) is 3.23. The summed E-state index contributed by atoms with van der Waals surface area (Å²) >= 11 is 0. The van der Waals surface area contributed by atoms with Gasteiger partial charge in [0, 0.05) is 30.4 Å². The maximum Gasteiger partial charge on any atom is 0.289 e. The van der Waals surface area contributed by atoms with Crippen molar-refractivity contribution in [1.29, 1.82) is 0 Å². The number of benzene rings is 2. The highest BCUT2D eigenvalue weighted by Crippen LogP contribution is 2.32. The standard InChI is InChI=1S/C19H21N3O5S/c1-2-3-12-21-16-10-9-15(13-14(16)8-11-19(21)23)20-28(26,27)18-7-5-4-6-17(18)22(24)25/h4-7,9-10,13,20H,2-3,8,11-12H2,1H3. The van der Waals surface area contributed by atoms with Gasteiger partial charge in [-0.15, -0.1) is 0 Å². The van der Waals surface area contributed by atoms with Crippen molar-refractivity contribution in [2.45, 2.75) is 37.5 Å². The summed E-state index contributed by atoms with van der Waals surface area (Å²) < 4.78 is 27.8. The highest BCUT2D eigenvalue weighted by Gasteiger charge is 2.27. The van der Waals surface area contributed by atoms with E-state index in [0.29, 0.717) is 25.1 Å². The second-order valence-corrected chi connectivity index (χ2v) is 8.22. The lowest BCUT2D eigenvalue weighted by Crippen LogP contribution is -2.35.